The first-order chi connectivity index (χ1) is 10.5. The molecule has 2 atom stereocenters. The molecule has 0 spiro atoms. The number of amides is 2. The van der Waals surface area contributed by atoms with Crippen molar-refractivity contribution >= 4 is 15.9 Å². The number of urea groups is 1. The van der Waals surface area contributed by atoms with Crippen molar-refractivity contribution in [2.24, 2.45) is 0 Å². The van der Waals surface area contributed by atoms with Crippen LogP contribution in [0.25, 0.3) is 0 Å². The second kappa shape index (κ2) is 5.95. The zero-order valence-corrected chi connectivity index (χ0v) is 13.7. The van der Waals surface area contributed by atoms with E-state index in [1.165, 1.54) is 0 Å². The third-order valence-corrected chi connectivity index (χ3v) is 7.07. The molecule has 6 nitrogen and oxygen atoms in total. The number of hydrogen-bond acceptors (Lipinski definition) is 3. The lowest BCUT2D eigenvalue weighted by Gasteiger charge is -2.35. The van der Waals surface area contributed by atoms with E-state index in [2.05, 4.69) is 9.88 Å². The van der Waals surface area contributed by atoms with Crippen molar-refractivity contribution in [2.45, 2.75) is 44.0 Å². The molecule has 7 heteroatoms. The van der Waals surface area contributed by atoms with Gasteiger partial charge in [0, 0.05) is 31.5 Å². The summed E-state index contributed by atoms with van der Waals surface area (Å²) in [6, 6.07) is 3.85. The van der Waals surface area contributed by atoms with Crippen LogP contribution in [0.2, 0.25) is 0 Å². The van der Waals surface area contributed by atoms with Crippen molar-refractivity contribution in [2.75, 3.05) is 18.8 Å². The van der Waals surface area contributed by atoms with Crippen molar-refractivity contribution in [1.82, 2.24) is 14.8 Å². The molecule has 0 radical (unpaired) electrons. The minimum absolute atomic E-state index is 0.00622. The van der Waals surface area contributed by atoms with Crippen LogP contribution in [0.3, 0.4) is 0 Å². The Morgan fingerprint density at radius 3 is 2.95 bits per heavy atom. The molecular weight excluding hydrogens is 302 g/mol. The number of nitrogens with zero attached hydrogens (tertiary/aromatic N) is 2. The fourth-order valence-corrected chi connectivity index (χ4v) is 5.21. The zero-order chi connectivity index (χ0) is 15.7. The summed E-state index contributed by atoms with van der Waals surface area (Å²) < 4.78 is 26.1. The highest BCUT2D eigenvalue weighted by atomic mass is 32.2. The minimum atomic E-state index is -3.04. The number of carbonyl (C=O) groups is 1. The third-order valence-electron chi connectivity index (χ3n) is 4.80. The fraction of sp³-hybridized carbons (Fsp3) is 0.667. The van der Waals surface area contributed by atoms with Crippen LogP contribution in [0.15, 0.2) is 18.3 Å². The van der Waals surface area contributed by atoms with E-state index in [0.717, 1.165) is 25.1 Å². The van der Waals surface area contributed by atoms with E-state index in [4.69, 9.17) is 0 Å². The number of sulfone groups is 1. The van der Waals surface area contributed by atoms with Crippen molar-refractivity contribution in [3.63, 3.8) is 0 Å². The van der Waals surface area contributed by atoms with Crippen molar-refractivity contribution in [3.8, 4) is 0 Å². The van der Waals surface area contributed by atoms with Crippen LogP contribution in [0.5, 0.6) is 0 Å². The van der Waals surface area contributed by atoms with Gasteiger partial charge in [0.2, 0.25) is 0 Å². The van der Waals surface area contributed by atoms with Crippen LogP contribution in [0.1, 0.15) is 37.9 Å². The van der Waals surface area contributed by atoms with Crippen molar-refractivity contribution in [3.05, 3.63) is 24.0 Å². The molecule has 2 aliphatic heterocycles. The van der Waals surface area contributed by atoms with E-state index in [0.29, 0.717) is 13.0 Å². The predicted molar refractivity (Wildman–Crippen MR) is 84.4 cm³/mol. The summed E-state index contributed by atoms with van der Waals surface area (Å²) in [5.41, 5.74) is 1.12. The number of aromatic nitrogens is 1. The predicted octanol–water partition coefficient (Wildman–Crippen LogP) is 1.54. The van der Waals surface area contributed by atoms with Gasteiger partial charge in [0.25, 0.3) is 0 Å². The van der Waals surface area contributed by atoms with E-state index in [-0.39, 0.29) is 24.4 Å². The van der Waals surface area contributed by atoms with Crippen molar-refractivity contribution in [1.29, 1.82) is 0 Å². The number of hydrogen-bond donors (Lipinski definition) is 1. The summed E-state index contributed by atoms with van der Waals surface area (Å²) in [5.74, 6) is 0.251. The Labute approximate surface area is 131 Å². The lowest BCUT2D eigenvalue weighted by molar-refractivity contribution is 0.162. The van der Waals surface area contributed by atoms with E-state index >= 15 is 0 Å². The van der Waals surface area contributed by atoms with Crippen LogP contribution in [-0.4, -0.2) is 48.0 Å². The molecule has 2 unspecified atom stereocenters. The van der Waals surface area contributed by atoms with E-state index < -0.39 is 15.1 Å². The van der Waals surface area contributed by atoms with Gasteiger partial charge in [-0.2, -0.15) is 0 Å². The first-order valence-corrected chi connectivity index (χ1v) is 9.61. The smallest absolute Gasteiger partial charge is 0.318 e. The normalized spacial score (nSPS) is 27.2. The zero-order valence-electron chi connectivity index (χ0n) is 12.9. The highest BCUT2D eigenvalue weighted by Gasteiger charge is 2.31. The van der Waals surface area contributed by atoms with Crippen molar-refractivity contribution < 1.29 is 13.2 Å². The summed E-state index contributed by atoms with van der Waals surface area (Å²) in [5, 5.41) is 2.41. The highest BCUT2D eigenvalue weighted by Crippen LogP contribution is 2.25. The second-order valence-electron chi connectivity index (χ2n) is 6.17. The van der Waals surface area contributed by atoms with Gasteiger partial charge in [-0.3, -0.25) is 0 Å². The topological polar surface area (TPSA) is 71.4 Å². The van der Waals surface area contributed by atoms with Gasteiger partial charge < -0.3 is 14.8 Å². The average molecular weight is 325 g/mol. The molecule has 0 aliphatic carbocycles. The summed E-state index contributed by atoms with van der Waals surface area (Å²) in [6.07, 6.45) is 4.34. The molecule has 0 bridgehead atoms. The Balaban J connectivity index is 1.61. The molecule has 122 valence electrons. The van der Waals surface area contributed by atoms with Crippen LogP contribution in [-0.2, 0) is 16.4 Å². The summed E-state index contributed by atoms with van der Waals surface area (Å²) in [7, 11) is -3.04. The molecule has 2 amide bonds. The second-order valence-corrected chi connectivity index (χ2v) is 8.57. The Bertz CT molecular complexity index is 653. The maximum absolute atomic E-state index is 12.4. The van der Waals surface area contributed by atoms with Gasteiger partial charge in [0.1, 0.15) is 0 Å². The van der Waals surface area contributed by atoms with Gasteiger partial charge in [0.05, 0.1) is 17.0 Å². The molecule has 2 aliphatic rings. The molecule has 1 aromatic heterocycles. The minimum Gasteiger partial charge on any atom is -0.348 e. The molecule has 3 heterocycles. The first kappa shape index (κ1) is 15.4. The fourth-order valence-electron chi connectivity index (χ4n) is 3.41. The largest absolute Gasteiger partial charge is 0.348 e. The van der Waals surface area contributed by atoms with Gasteiger partial charge in [-0.05, 0) is 31.9 Å². The lowest BCUT2D eigenvalue weighted by Crippen LogP contribution is -2.49. The Kier molecular flexibility index (Phi) is 4.16. The number of rotatable bonds is 2. The van der Waals surface area contributed by atoms with Crippen LogP contribution in [0, 0.1) is 0 Å². The van der Waals surface area contributed by atoms with E-state index in [1.807, 2.05) is 25.3 Å². The van der Waals surface area contributed by atoms with E-state index in [1.54, 1.807) is 4.90 Å². The maximum atomic E-state index is 12.4. The molecule has 1 N–H and O–H groups in total. The molecule has 1 fully saturated rings. The van der Waals surface area contributed by atoms with Gasteiger partial charge in [-0.1, -0.05) is 6.42 Å². The number of nitrogens with one attached hydrogen (secondary N) is 1. The van der Waals surface area contributed by atoms with Gasteiger partial charge >= 0.3 is 6.03 Å². The highest BCUT2D eigenvalue weighted by molar-refractivity contribution is 7.92. The van der Waals surface area contributed by atoms with Gasteiger partial charge in [-0.25, -0.2) is 13.2 Å². The van der Waals surface area contributed by atoms with Crippen LogP contribution >= 0.6 is 0 Å². The molecule has 0 saturated carbocycles. The third kappa shape index (κ3) is 2.86. The molecule has 22 heavy (non-hydrogen) atoms. The monoisotopic (exact) mass is 325 g/mol. The molecule has 0 aromatic carbocycles. The Hall–Kier alpha value is -1.50. The number of fused-ring (bicyclic) bond motifs is 1. The lowest BCUT2D eigenvalue weighted by atomic mass is 10.1. The number of carbonyl (C=O) groups excluding carboxylic acids is 1. The van der Waals surface area contributed by atoms with Crippen LogP contribution in [0.4, 0.5) is 4.79 Å². The standard InChI is InChI=1S/C15H23N3O3S/c1-12-14-6-4-7-17(14)8-9-18(12)15(19)16-11-13-5-2-3-10-22(13,20)21/h4,6-7,12-13H,2-3,5,8-11H2,1H3,(H,16,19). The van der Waals surface area contributed by atoms with Gasteiger partial charge in [0.15, 0.2) is 9.84 Å². The Morgan fingerprint density at radius 1 is 1.36 bits per heavy atom. The summed E-state index contributed by atoms with van der Waals surface area (Å²) in [6.45, 7) is 3.65. The molecule has 1 aromatic rings. The summed E-state index contributed by atoms with van der Waals surface area (Å²) in [4.78, 5) is 14.2. The molecule has 3 rings (SSSR count). The van der Waals surface area contributed by atoms with Gasteiger partial charge in [-0.15, -0.1) is 0 Å². The first-order valence-electron chi connectivity index (χ1n) is 7.90. The Morgan fingerprint density at radius 2 is 2.18 bits per heavy atom. The van der Waals surface area contributed by atoms with Crippen LogP contribution < -0.4 is 5.32 Å². The SMILES string of the molecule is CC1c2cccn2CCN1C(=O)NCC1CCCCS1(=O)=O. The maximum Gasteiger partial charge on any atom is 0.318 e. The van der Waals surface area contributed by atoms with E-state index in [9.17, 15) is 13.2 Å². The molecular formula is C15H23N3O3S. The summed E-state index contributed by atoms with van der Waals surface area (Å²) >= 11 is 0. The quantitative estimate of drug-likeness (QED) is 0.896. The average Bonchev–Trinajstić information content (AvgIpc) is 2.95. The molecule has 1 saturated heterocycles.